The number of hydrogen-bond donors (Lipinski definition) is 1. The first-order chi connectivity index (χ1) is 6.72. The number of aromatic nitrogens is 1. The molecule has 0 fully saturated rings. The molecule has 14 heavy (non-hydrogen) atoms. The van der Waals surface area contributed by atoms with Crippen LogP contribution in [0.15, 0.2) is 18.3 Å². The van der Waals surface area contributed by atoms with Gasteiger partial charge in [0.1, 0.15) is 0 Å². The molecule has 0 atom stereocenters. The monoisotopic (exact) mass is 304 g/mol. The van der Waals surface area contributed by atoms with E-state index >= 15 is 0 Å². The van der Waals surface area contributed by atoms with Gasteiger partial charge in [0.25, 0.3) is 0 Å². The van der Waals surface area contributed by atoms with Gasteiger partial charge in [-0.1, -0.05) is 0 Å². The molecule has 1 aromatic heterocycles. The number of nitrogens with one attached hydrogen (secondary N) is 1. The molecule has 1 N–H and O–H groups in total. The summed E-state index contributed by atoms with van der Waals surface area (Å²) in [5.74, 6) is -0.0472. The van der Waals surface area contributed by atoms with E-state index in [1.54, 1.807) is 6.07 Å². The van der Waals surface area contributed by atoms with Gasteiger partial charge in [-0.15, -0.1) is 0 Å². The number of aryl methyl sites for hydroxylation is 1. The van der Waals surface area contributed by atoms with Gasteiger partial charge in [0.2, 0.25) is 0 Å². The van der Waals surface area contributed by atoms with Crippen molar-refractivity contribution in [2.75, 3.05) is 4.43 Å². The normalized spacial score (nSPS) is 11.4. The van der Waals surface area contributed by atoms with Crippen LogP contribution >= 0.6 is 0 Å². The van der Waals surface area contributed by atoms with Gasteiger partial charge in [-0.05, 0) is 0 Å². The van der Waals surface area contributed by atoms with Gasteiger partial charge in [-0.3, -0.25) is 0 Å². The van der Waals surface area contributed by atoms with Gasteiger partial charge in [0, 0.05) is 0 Å². The fraction of sp³-hybridized carbons (Fsp3) is 0.273. The first-order valence-electron chi connectivity index (χ1n) is 4.58. The molecule has 1 nitrogen and oxygen atoms in total. The zero-order valence-electron chi connectivity index (χ0n) is 8.20. The molecule has 0 amide bonds. The van der Waals surface area contributed by atoms with E-state index in [9.17, 15) is 4.39 Å². The fourth-order valence-electron chi connectivity index (χ4n) is 1.50. The number of rotatable bonds is 2. The van der Waals surface area contributed by atoms with Crippen molar-refractivity contribution in [2.45, 2.75) is 13.8 Å². The molecule has 0 aliphatic carbocycles. The SMILES string of the molecule is CC[I-]c1cc2c(C)c[nH]c2cc1F. The number of halogens is 2. The number of alkyl halides is 1. The summed E-state index contributed by atoms with van der Waals surface area (Å²) in [5.41, 5.74) is 2.10. The van der Waals surface area contributed by atoms with Crippen LogP contribution in [0.5, 0.6) is 0 Å². The summed E-state index contributed by atoms with van der Waals surface area (Å²) in [5, 5.41) is 1.16. The summed E-state index contributed by atoms with van der Waals surface area (Å²) >= 11 is -0.149. The summed E-state index contributed by atoms with van der Waals surface area (Å²) in [7, 11) is 0. The van der Waals surface area contributed by atoms with E-state index < -0.39 is 0 Å². The molecule has 0 saturated heterocycles. The topological polar surface area (TPSA) is 15.8 Å². The minimum atomic E-state index is -0.149. The average molecular weight is 304 g/mol. The number of aromatic amines is 1. The van der Waals surface area contributed by atoms with E-state index in [1.165, 1.54) is 5.56 Å². The van der Waals surface area contributed by atoms with E-state index in [0.29, 0.717) is 0 Å². The second kappa shape index (κ2) is 3.88. The van der Waals surface area contributed by atoms with Crippen LogP contribution in [0.4, 0.5) is 4.39 Å². The van der Waals surface area contributed by atoms with Crippen molar-refractivity contribution in [3.8, 4) is 0 Å². The van der Waals surface area contributed by atoms with E-state index in [2.05, 4.69) is 11.9 Å². The van der Waals surface area contributed by atoms with Gasteiger partial charge >= 0.3 is 93.0 Å². The first kappa shape index (κ1) is 9.96. The molecule has 1 heterocycles. The Morgan fingerprint density at radius 2 is 2.21 bits per heavy atom. The van der Waals surface area contributed by atoms with Crippen molar-refractivity contribution in [2.24, 2.45) is 0 Å². The zero-order valence-corrected chi connectivity index (χ0v) is 10.4. The Bertz CT molecular complexity index is 462. The molecular weight excluding hydrogens is 292 g/mol. The van der Waals surface area contributed by atoms with Crippen LogP contribution in [-0.2, 0) is 0 Å². The Labute approximate surface area is 93.0 Å². The van der Waals surface area contributed by atoms with Crippen LogP contribution in [0.2, 0.25) is 0 Å². The number of hydrogen-bond acceptors (Lipinski definition) is 0. The number of H-pyrrole nitrogens is 1. The molecule has 76 valence electrons. The van der Waals surface area contributed by atoms with Crippen molar-refractivity contribution in [3.05, 3.63) is 33.3 Å². The predicted molar refractivity (Wildman–Crippen MR) is 52.2 cm³/mol. The molecule has 0 aliphatic rings. The second-order valence-electron chi connectivity index (χ2n) is 3.18. The Morgan fingerprint density at radius 3 is 2.93 bits per heavy atom. The average Bonchev–Trinajstić information content (AvgIpc) is 2.49. The third-order valence-corrected chi connectivity index (χ3v) is 4.62. The molecule has 0 aliphatic heterocycles. The maximum absolute atomic E-state index is 13.5. The van der Waals surface area contributed by atoms with Crippen LogP contribution < -0.4 is 21.2 Å². The molecule has 0 spiro atoms. The molecule has 2 rings (SSSR count). The second-order valence-corrected chi connectivity index (χ2v) is 6.64. The minimum absolute atomic E-state index is 0.0472. The van der Waals surface area contributed by atoms with E-state index in [0.717, 1.165) is 18.9 Å². The molecule has 1 aromatic carbocycles. The Kier molecular flexibility index (Phi) is 2.76. The van der Waals surface area contributed by atoms with Crippen molar-refractivity contribution in [1.82, 2.24) is 4.98 Å². The van der Waals surface area contributed by atoms with E-state index in [4.69, 9.17) is 0 Å². The van der Waals surface area contributed by atoms with Crippen molar-refractivity contribution >= 4 is 10.9 Å². The molecule has 0 bridgehead atoms. The van der Waals surface area contributed by atoms with E-state index in [-0.39, 0.29) is 27.0 Å². The molecular formula is C11H12FIN-. The van der Waals surface area contributed by atoms with Crippen molar-refractivity contribution in [3.63, 3.8) is 0 Å². The van der Waals surface area contributed by atoms with Gasteiger partial charge in [0.15, 0.2) is 0 Å². The third kappa shape index (κ3) is 1.65. The Hall–Kier alpha value is -0.580. The van der Waals surface area contributed by atoms with Crippen LogP contribution in [0.25, 0.3) is 10.9 Å². The Morgan fingerprint density at radius 1 is 1.43 bits per heavy atom. The van der Waals surface area contributed by atoms with Crippen LogP contribution in [-0.4, -0.2) is 9.41 Å². The maximum atomic E-state index is 13.5. The summed E-state index contributed by atoms with van der Waals surface area (Å²) in [6.45, 7) is 4.16. The molecule has 2 aromatic rings. The summed E-state index contributed by atoms with van der Waals surface area (Å²) < 4.78 is 15.5. The standard InChI is InChI=1S/C11H12FIN/c1-3-13-10-4-8-7(2)6-14-11(8)5-9(10)12/h4-6,14H,3H2,1-2H3/q-1. The van der Waals surface area contributed by atoms with Crippen molar-refractivity contribution in [1.29, 1.82) is 0 Å². The zero-order chi connectivity index (χ0) is 10.1. The fourth-order valence-corrected chi connectivity index (χ4v) is 3.38. The van der Waals surface area contributed by atoms with Crippen LogP contribution in [0, 0.1) is 16.3 Å². The number of benzene rings is 1. The van der Waals surface area contributed by atoms with Crippen LogP contribution in [0.3, 0.4) is 0 Å². The first-order valence-corrected chi connectivity index (χ1v) is 7.19. The van der Waals surface area contributed by atoms with Crippen LogP contribution in [0.1, 0.15) is 12.5 Å². The molecule has 0 saturated carbocycles. The predicted octanol–water partition coefficient (Wildman–Crippen LogP) is -0.106. The van der Waals surface area contributed by atoms with Crippen molar-refractivity contribution < 1.29 is 25.6 Å². The van der Waals surface area contributed by atoms with E-state index in [1.807, 2.05) is 19.2 Å². The molecule has 0 radical (unpaired) electrons. The molecule has 0 unspecified atom stereocenters. The van der Waals surface area contributed by atoms with Gasteiger partial charge in [-0.2, -0.15) is 0 Å². The quantitative estimate of drug-likeness (QED) is 0.589. The summed E-state index contributed by atoms with van der Waals surface area (Å²) in [4.78, 5) is 3.07. The summed E-state index contributed by atoms with van der Waals surface area (Å²) in [6, 6.07) is 3.63. The summed E-state index contributed by atoms with van der Waals surface area (Å²) in [6.07, 6.45) is 1.93. The number of fused-ring (bicyclic) bond motifs is 1. The third-order valence-electron chi connectivity index (χ3n) is 2.21. The Balaban J connectivity index is 2.61. The van der Waals surface area contributed by atoms with Gasteiger partial charge < -0.3 is 0 Å². The van der Waals surface area contributed by atoms with Gasteiger partial charge in [-0.25, -0.2) is 0 Å². The van der Waals surface area contributed by atoms with Gasteiger partial charge in [0.05, 0.1) is 0 Å². The molecule has 3 heteroatoms.